The van der Waals surface area contributed by atoms with E-state index in [1.807, 2.05) is 6.07 Å². The van der Waals surface area contributed by atoms with Gasteiger partial charge in [-0.3, -0.25) is 4.79 Å². The van der Waals surface area contributed by atoms with Crippen LogP contribution in [-0.4, -0.2) is 30.6 Å². The van der Waals surface area contributed by atoms with E-state index in [2.05, 4.69) is 50.0 Å². The first-order valence-electron chi connectivity index (χ1n) is 8.74. The van der Waals surface area contributed by atoms with Gasteiger partial charge in [0.1, 0.15) is 11.6 Å². The summed E-state index contributed by atoms with van der Waals surface area (Å²) in [6, 6.07) is 4.13. The van der Waals surface area contributed by atoms with Crippen LogP contribution in [0.3, 0.4) is 0 Å². The summed E-state index contributed by atoms with van der Waals surface area (Å²) in [4.78, 5) is 20.1. The Bertz CT molecular complexity index is 939. The fourth-order valence-corrected chi connectivity index (χ4v) is 3.32. The van der Waals surface area contributed by atoms with Crippen LogP contribution in [-0.2, 0) is 30.7 Å². The number of aryl methyl sites for hydroxylation is 4. The van der Waals surface area contributed by atoms with Gasteiger partial charge in [0.05, 0.1) is 17.6 Å². The van der Waals surface area contributed by atoms with Crippen molar-refractivity contribution in [2.24, 2.45) is 0 Å². The van der Waals surface area contributed by atoms with Gasteiger partial charge in [-0.25, -0.2) is 4.98 Å². The second kappa shape index (κ2) is 6.31. The Morgan fingerprint density at radius 1 is 1.32 bits per heavy atom. The molecule has 1 aliphatic rings. The van der Waals surface area contributed by atoms with Gasteiger partial charge < -0.3 is 14.9 Å². The first kappa shape index (κ1) is 15.8. The third-order valence-corrected chi connectivity index (χ3v) is 4.95. The number of aromatic amines is 1. The number of hydrogen-bond donors (Lipinski definition) is 2. The molecule has 0 saturated heterocycles. The van der Waals surface area contributed by atoms with Crippen molar-refractivity contribution in [2.45, 2.75) is 52.6 Å². The molecule has 0 bridgehead atoms. The van der Waals surface area contributed by atoms with Crippen LogP contribution >= 0.6 is 0 Å². The maximum atomic E-state index is 12.1. The van der Waals surface area contributed by atoms with Crippen molar-refractivity contribution in [1.82, 2.24) is 30.0 Å². The Morgan fingerprint density at radius 2 is 2.20 bits per heavy atom. The van der Waals surface area contributed by atoms with E-state index < -0.39 is 0 Å². The molecule has 25 heavy (non-hydrogen) atoms. The van der Waals surface area contributed by atoms with Crippen molar-refractivity contribution in [1.29, 1.82) is 0 Å². The SMILES string of the molecule is Cc1ccc2[nH]c(CCC(=O)NCc3nnc4n3CCC4)nc2c1C. The Labute approximate surface area is 145 Å². The molecule has 7 heteroatoms. The lowest BCUT2D eigenvalue weighted by Crippen LogP contribution is -2.25. The van der Waals surface area contributed by atoms with Crippen LogP contribution in [0.25, 0.3) is 11.0 Å². The summed E-state index contributed by atoms with van der Waals surface area (Å²) in [7, 11) is 0. The molecule has 2 N–H and O–H groups in total. The monoisotopic (exact) mass is 338 g/mol. The van der Waals surface area contributed by atoms with Gasteiger partial charge >= 0.3 is 0 Å². The molecular formula is C18H22N6O. The fourth-order valence-electron chi connectivity index (χ4n) is 3.32. The maximum Gasteiger partial charge on any atom is 0.220 e. The smallest absolute Gasteiger partial charge is 0.220 e. The number of fused-ring (bicyclic) bond motifs is 2. The van der Waals surface area contributed by atoms with Crippen molar-refractivity contribution < 1.29 is 4.79 Å². The lowest BCUT2D eigenvalue weighted by molar-refractivity contribution is -0.121. The number of rotatable bonds is 5. The van der Waals surface area contributed by atoms with Crippen molar-refractivity contribution in [3.63, 3.8) is 0 Å². The molecule has 0 saturated carbocycles. The van der Waals surface area contributed by atoms with Gasteiger partial charge in [0.15, 0.2) is 5.82 Å². The molecule has 7 nitrogen and oxygen atoms in total. The number of H-pyrrole nitrogens is 1. The standard InChI is InChI=1S/C18H22N6O/c1-11-5-6-13-18(12(11)2)21-14(20-13)7-8-17(25)19-10-16-23-22-15-4-3-9-24(15)16/h5-6H,3-4,7-10H2,1-2H3,(H,19,25)(H,20,21). The highest BCUT2D eigenvalue weighted by Gasteiger charge is 2.17. The minimum atomic E-state index is 0.00343. The molecule has 4 rings (SSSR count). The molecule has 0 atom stereocenters. The molecule has 0 unspecified atom stereocenters. The lowest BCUT2D eigenvalue weighted by atomic mass is 10.1. The zero-order valence-electron chi connectivity index (χ0n) is 14.6. The van der Waals surface area contributed by atoms with Crippen LogP contribution in [0.15, 0.2) is 12.1 Å². The van der Waals surface area contributed by atoms with E-state index in [9.17, 15) is 4.79 Å². The van der Waals surface area contributed by atoms with Gasteiger partial charge in [-0.1, -0.05) is 6.07 Å². The van der Waals surface area contributed by atoms with Gasteiger partial charge in [-0.05, 0) is 37.5 Å². The third kappa shape index (κ3) is 3.01. The lowest BCUT2D eigenvalue weighted by Gasteiger charge is -2.05. The van der Waals surface area contributed by atoms with Crippen molar-refractivity contribution >= 4 is 16.9 Å². The number of amides is 1. The van der Waals surface area contributed by atoms with Gasteiger partial charge in [-0.2, -0.15) is 0 Å². The van der Waals surface area contributed by atoms with Crippen LogP contribution in [0.2, 0.25) is 0 Å². The Hall–Kier alpha value is -2.70. The van der Waals surface area contributed by atoms with Gasteiger partial charge in [0.2, 0.25) is 5.91 Å². The summed E-state index contributed by atoms with van der Waals surface area (Å²) in [5.41, 5.74) is 4.43. The molecule has 0 fully saturated rings. The molecule has 0 spiro atoms. The summed E-state index contributed by atoms with van der Waals surface area (Å²) in [6.07, 6.45) is 3.08. The van der Waals surface area contributed by atoms with Crippen molar-refractivity contribution in [3.8, 4) is 0 Å². The number of benzene rings is 1. The molecule has 2 aromatic heterocycles. The predicted octanol–water partition coefficient (Wildman–Crippen LogP) is 1.97. The summed E-state index contributed by atoms with van der Waals surface area (Å²) in [6.45, 7) is 5.54. The third-order valence-electron chi connectivity index (χ3n) is 4.95. The summed E-state index contributed by atoms with van der Waals surface area (Å²) in [5.74, 6) is 2.72. The number of nitrogens with one attached hydrogen (secondary N) is 2. The molecule has 3 aromatic rings. The van der Waals surface area contributed by atoms with Crippen LogP contribution in [0.5, 0.6) is 0 Å². The first-order valence-corrected chi connectivity index (χ1v) is 8.74. The minimum absolute atomic E-state index is 0.00343. The summed E-state index contributed by atoms with van der Waals surface area (Å²) in [5, 5.41) is 11.2. The number of carbonyl (C=O) groups excluding carboxylic acids is 1. The molecule has 1 aromatic carbocycles. The van der Waals surface area contributed by atoms with Crippen LogP contribution in [0, 0.1) is 13.8 Å². The summed E-state index contributed by atoms with van der Waals surface area (Å²) >= 11 is 0. The van der Waals surface area contributed by atoms with E-state index in [0.717, 1.165) is 47.9 Å². The molecule has 1 amide bonds. The molecule has 0 radical (unpaired) electrons. The first-order chi connectivity index (χ1) is 12.1. The topological polar surface area (TPSA) is 88.5 Å². The highest BCUT2D eigenvalue weighted by molar-refractivity contribution is 5.80. The van der Waals surface area contributed by atoms with Crippen molar-refractivity contribution in [3.05, 3.63) is 40.7 Å². The average Bonchev–Trinajstić information content (AvgIpc) is 3.30. The van der Waals surface area contributed by atoms with Gasteiger partial charge in [-0.15, -0.1) is 10.2 Å². The van der Waals surface area contributed by atoms with E-state index in [0.29, 0.717) is 19.4 Å². The van der Waals surface area contributed by atoms with Crippen LogP contribution in [0.4, 0.5) is 0 Å². The zero-order chi connectivity index (χ0) is 17.4. The quantitative estimate of drug-likeness (QED) is 0.744. The summed E-state index contributed by atoms with van der Waals surface area (Å²) < 4.78 is 2.10. The Balaban J connectivity index is 1.35. The number of carbonyl (C=O) groups is 1. The average molecular weight is 338 g/mol. The second-order valence-corrected chi connectivity index (χ2v) is 6.65. The van der Waals surface area contributed by atoms with Crippen molar-refractivity contribution in [2.75, 3.05) is 0 Å². The number of nitrogens with zero attached hydrogens (tertiary/aromatic N) is 4. The van der Waals surface area contributed by atoms with Crippen LogP contribution < -0.4 is 5.32 Å². The fraction of sp³-hybridized carbons (Fsp3) is 0.444. The molecular weight excluding hydrogens is 316 g/mol. The van der Waals surface area contributed by atoms with E-state index in [1.165, 1.54) is 11.1 Å². The largest absolute Gasteiger partial charge is 0.349 e. The number of hydrogen-bond acceptors (Lipinski definition) is 4. The molecule has 130 valence electrons. The van der Waals surface area contributed by atoms with E-state index >= 15 is 0 Å². The molecule has 0 aliphatic carbocycles. The predicted molar refractivity (Wildman–Crippen MR) is 94.1 cm³/mol. The van der Waals surface area contributed by atoms with Gasteiger partial charge in [0, 0.05) is 25.8 Å². The minimum Gasteiger partial charge on any atom is -0.349 e. The number of aromatic nitrogens is 5. The van der Waals surface area contributed by atoms with Crippen LogP contribution in [0.1, 0.15) is 41.4 Å². The Morgan fingerprint density at radius 3 is 3.08 bits per heavy atom. The van der Waals surface area contributed by atoms with Gasteiger partial charge in [0.25, 0.3) is 0 Å². The van der Waals surface area contributed by atoms with E-state index in [-0.39, 0.29) is 5.91 Å². The number of imidazole rings is 1. The Kier molecular flexibility index (Phi) is 3.99. The van der Waals surface area contributed by atoms with E-state index in [1.54, 1.807) is 0 Å². The zero-order valence-corrected chi connectivity index (χ0v) is 14.6. The normalized spacial score (nSPS) is 13.4. The highest BCUT2D eigenvalue weighted by Crippen LogP contribution is 2.19. The molecule has 1 aliphatic heterocycles. The highest BCUT2D eigenvalue weighted by atomic mass is 16.1. The van der Waals surface area contributed by atoms with E-state index in [4.69, 9.17) is 0 Å². The second-order valence-electron chi connectivity index (χ2n) is 6.65. The maximum absolute atomic E-state index is 12.1. The molecule has 3 heterocycles.